The van der Waals surface area contributed by atoms with Crippen molar-refractivity contribution in [2.75, 3.05) is 26.4 Å². The molecule has 2 aliphatic heterocycles. The van der Waals surface area contributed by atoms with E-state index in [1.807, 2.05) is 12.1 Å². The van der Waals surface area contributed by atoms with Gasteiger partial charge in [0.25, 0.3) is 0 Å². The van der Waals surface area contributed by atoms with E-state index in [0.717, 1.165) is 36.6 Å². The highest BCUT2D eigenvalue weighted by Crippen LogP contribution is 2.34. The highest BCUT2D eigenvalue weighted by atomic mass is 16.5. The summed E-state index contributed by atoms with van der Waals surface area (Å²) in [5.41, 5.74) is 1.20. The first kappa shape index (κ1) is 12.8. The minimum Gasteiger partial charge on any atom is -0.490 e. The van der Waals surface area contributed by atoms with E-state index in [-0.39, 0.29) is 11.6 Å². The summed E-state index contributed by atoms with van der Waals surface area (Å²) in [5, 5.41) is 3.50. The lowest BCUT2D eigenvalue weighted by molar-refractivity contribution is -0.0229. The average Bonchev–Trinajstić information content (AvgIpc) is 2.63. The van der Waals surface area contributed by atoms with E-state index in [2.05, 4.69) is 25.2 Å². The molecule has 0 aliphatic carbocycles. The van der Waals surface area contributed by atoms with E-state index in [1.165, 1.54) is 0 Å². The first-order chi connectivity index (χ1) is 9.14. The molecule has 0 bridgehead atoms. The molecular weight excluding hydrogens is 242 g/mol. The predicted octanol–water partition coefficient (Wildman–Crippen LogP) is 2.29. The van der Waals surface area contributed by atoms with E-state index in [0.29, 0.717) is 13.2 Å². The zero-order valence-corrected chi connectivity index (χ0v) is 11.6. The molecule has 4 nitrogen and oxygen atoms in total. The fraction of sp³-hybridized carbons (Fsp3) is 0.600. The Labute approximate surface area is 114 Å². The summed E-state index contributed by atoms with van der Waals surface area (Å²) in [5.74, 6) is 1.67. The SMILES string of the molecule is CC1(C)COC(c2ccc3c(c2)OCCCO3)CN1. The summed E-state index contributed by atoms with van der Waals surface area (Å²) >= 11 is 0. The maximum atomic E-state index is 5.94. The van der Waals surface area contributed by atoms with Gasteiger partial charge in [0.15, 0.2) is 11.5 Å². The van der Waals surface area contributed by atoms with Gasteiger partial charge in [-0.2, -0.15) is 0 Å². The zero-order valence-electron chi connectivity index (χ0n) is 11.6. The fourth-order valence-corrected chi connectivity index (χ4v) is 2.38. The first-order valence-corrected chi connectivity index (χ1v) is 6.90. The molecule has 104 valence electrons. The predicted molar refractivity (Wildman–Crippen MR) is 72.8 cm³/mol. The van der Waals surface area contributed by atoms with Gasteiger partial charge in [-0.15, -0.1) is 0 Å². The van der Waals surface area contributed by atoms with Crippen LogP contribution in [0.25, 0.3) is 0 Å². The molecule has 3 rings (SSSR count). The van der Waals surface area contributed by atoms with Crippen molar-refractivity contribution in [1.29, 1.82) is 0 Å². The van der Waals surface area contributed by atoms with Crippen LogP contribution in [0.3, 0.4) is 0 Å². The molecule has 1 unspecified atom stereocenters. The number of benzene rings is 1. The van der Waals surface area contributed by atoms with Gasteiger partial charge in [-0.1, -0.05) is 6.07 Å². The number of nitrogens with one attached hydrogen (secondary N) is 1. The Hall–Kier alpha value is -1.26. The third-order valence-corrected chi connectivity index (χ3v) is 3.55. The number of ether oxygens (including phenoxy) is 3. The van der Waals surface area contributed by atoms with Crippen LogP contribution in [0, 0.1) is 0 Å². The lowest BCUT2D eigenvalue weighted by atomic mass is 10.0. The Morgan fingerprint density at radius 3 is 2.68 bits per heavy atom. The topological polar surface area (TPSA) is 39.7 Å². The standard InChI is InChI=1S/C15H21NO3/c1-15(2)10-19-14(9-16-15)11-4-5-12-13(8-11)18-7-3-6-17-12/h4-5,8,14,16H,3,6-7,9-10H2,1-2H3. The largest absolute Gasteiger partial charge is 0.490 e. The second-order valence-electron chi connectivity index (χ2n) is 5.82. The number of hydrogen-bond donors (Lipinski definition) is 1. The average molecular weight is 263 g/mol. The molecule has 1 aromatic rings. The van der Waals surface area contributed by atoms with Crippen molar-refractivity contribution < 1.29 is 14.2 Å². The maximum Gasteiger partial charge on any atom is 0.161 e. The van der Waals surface area contributed by atoms with Crippen LogP contribution in [0.2, 0.25) is 0 Å². The van der Waals surface area contributed by atoms with Crippen LogP contribution in [-0.2, 0) is 4.74 Å². The molecule has 2 aliphatic rings. The minimum atomic E-state index is 0.0573. The summed E-state index contributed by atoms with van der Waals surface area (Å²) in [6.45, 7) is 7.28. The molecule has 4 heteroatoms. The minimum absolute atomic E-state index is 0.0573. The van der Waals surface area contributed by atoms with E-state index >= 15 is 0 Å². The van der Waals surface area contributed by atoms with Gasteiger partial charge in [-0.25, -0.2) is 0 Å². The summed E-state index contributed by atoms with van der Waals surface area (Å²) in [4.78, 5) is 0. The monoisotopic (exact) mass is 263 g/mol. The van der Waals surface area contributed by atoms with Crippen molar-refractivity contribution in [2.24, 2.45) is 0 Å². The molecule has 1 aromatic carbocycles. The van der Waals surface area contributed by atoms with Gasteiger partial charge in [0.1, 0.15) is 0 Å². The van der Waals surface area contributed by atoms with Crippen LogP contribution in [0.5, 0.6) is 11.5 Å². The van der Waals surface area contributed by atoms with E-state index < -0.39 is 0 Å². The van der Waals surface area contributed by atoms with Gasteiger partial charge in [0, 0.05) is 18.5 Å². The molecule has 0 aromatic heterocycles. The van der Waals surface area contributed by atoms with Gasteiger partial charge in [-0.05, 0) is 31.5 Å². The van der Waals surface area contributed by atoms with Gasteiger partial charge in [0.05, 0.1) is 25.9 Å². The third-order valence-electron chi connectivity index (χ3n) is 3.55. The molecule has 1 fully saturated rings. The Morgan fingerprint density at radius 2 is 1.95 bits per heavy atom. The van der Waals surface area contributed by atoms with Crippen LogP contribution in [0.15, 0.2) is 18.2 Å². The van der Waals surface area contributed by atoms with Crippen molar-refractivity contribution >= 4 is 0 Å². The Morgan fingerprint density at radius 1 is 1.16 bits per heavy atom. The number of hydrogen-bond acceptors (Lipinski definition) is 4. The van der Waals surface area contributed by atoms with Crippen molar-refractivity contribution in [2.45, 2.75) is 31.9 Å². The molecule has 1 atom stereocenters. The molecule has 0 radical (unpaired) electrons. The highest BCUT2D eigenvalue weighted by molar-refractivity contribution is 5.44. The molecule has 0 amide bonds. The molecule has 1 N–H and O–H groups in total. The number of fused-ring (bicyclic) bond motifs is 1. The Balaban J connectivity index is 1.77. The van der Waals surface area contributed by atoms with Crippen LogP contribution in [0.1, 0.15) is 31.9 Å². The fourth-order valence-electron chi connectivity index (χ4n) is 2.38. The zero-order chi connectivity index (χ0) is 13.3. The summed E-state index contributed by atoms with van der Waals surface area (Å²) in [6.07, 6.45) is 1.02. The molecular formula is C15H21NO3. The van der Waals surface area contributed by atoms with Crippen LogP contribution in [0.4, 0.5) is 0 Å². The van der Waals surface area contributed by atoms with Crippen molar-refractivity contribution in [1.82, 2.24) is 5.32 Å². The lowest BCUT2D eigenvalue weighted by Gasteiger charge is -2.36. The highest BCUT2D eigenvalue weighted by Gasteiger charge is 2.28. The van der Waals surface area contributed by atoms with Gasteiger partial charge < -0.3 is 19.5 Å². The van der Waals surface area contributed by atoms with Crippen LogP contribution >= 0.6 is 0 Å². The molecule has 19 heavy (non-hydrogen) atoms. The Kier molecular flexibility index (Phi) is 3.37. The van der Waals surface area contributed by atoms with E-state index in [9.17, 15) is 0 Å². The summed E-state index contributed by atoms with van der Waals surface area (Å²) < 4.78 is 17.3. The molecule has 0 saturated carbocycles. The van der Waals surface area contributed by atoms with Crippen molar-refractivity contribution in [3.8, 4) is 11.5 Å². The lowest BCUT2D eigenvalue weighted by Crippen LogP contribution is -2.50. The van der Waals surface area contributed by atoms with Crippen molar-refractivity contribution in [3.05, 3.63) is 23.8 Å². The molecule has 2 heterocycles. The van der Waals surface area contributed by atoms with Crippen molar-refractivity contribution in [3.63, 3.8) is 0 Å². The summed E-state index contributed by atoms with van der Waals surface area (Å²) in [6, 6.07) is 6.10. The quantitative estimate of drug-likeness (QED) is 0.844. The van der Waals surface area contributed by atoms with E-state index in [1.54, 1.807) is 0 Å². The maximum absolute atomic E-state index is 5.94. The van der Waals surface area contributed by atoms with E-state index in [4.69, 9.17) is 14.2 Å². The first-order valence-electron chi connectivity index (χ1n) is 6.90. The van der Waals surface area contributed by atoms with Gasteiger partial charge in [-0.3, -0.25) is 0 Å². The van der Waals surface area contributed by atoms with Gasteiger partial charge in [0.2, 0.25) is 0 Å². The number of morpholine rings is 1. The van der Waals surface area contributed by atoms with Crippen LogP contribution in [-0.4, -0.2) is 31.9 Å². The normalized spacial score (nSPS) is 25.7. The number of rotatable bonds is 1. The van der Waals surface area contributed by atoms with Gasteiger partial charge >= 0.3 is 0 Å². The smallest absolute Gasteiger partial charge is 0.161 e. The summed E-state index contributed by atoms with van der Waals surface area (Å²) in [7, 11) is 0. The second kappa shape index (κ2) is 5.02. The third kappa shape index (κ3) is 2.85. The van der Waals surface area contributed by atoms with Crippen LogP contribution < -0.4 is 14.8 Å². The molecule has 1 saturated heterocycles. The second-order valence-corrected chi connectivity index (χ2v) is 5.82. The molecule has 0 spiro atoms. The Bertz CT molecular complexity index is 449.